The Hall–Kier alpha value is -2.37. The van der Waals surface area contributed by atoms with Gasteiger partial charge in [-0.2, -0.15) is 0 Å². The van der Waals surface area contributed by atoms with E-state index in [1.165, 1.54) is 12.1 Å². The van der Waals surface area contributed by atoms with Gasteiger partial charge in [0, 0.05) is 23.6 Å². The van der Waals surface area contributed by atoms with Crippen LogP contribution in [-0.2, 0) is 12.8 Å². The second kappa shape index (κ2) is 6.26. The van der Waals surface area contributed by atoms with Crippen molar-refractivity contribution in [2.75, 3.05) is 6.61 Å². The highest BCUT2D eigenvalue weighted by Crippen LogP contribution is 2.32. The first kappa shape index (κ1) is 15.2. The second-order valence-electron chi connectivity index (χ2n) is 6.34. The number of hydrogen-bond donors (Lipinski definition) is 1. The summed E-state index contributed by atoms with van der Waals surface area (Å²) in [4.78, 5) is 12.7. The van der Waals surface area contributed by atoms with Crippen LogP contribution in [0.5, 0.6) is 5.75 Å². The number of rotatable bonds is 2. The Bertz CT molecular complexity index is 772. The quantitative estimate of drug-likeness (QED) is 0.917. The molecule has 24 heavy (non-hydrogen) atoms. The fourth-order valence-electron chi connectivity index (χ4n) is 3.49. The van der Waals surface area contributed by atoms with Crippen LogP contribution in [0.1, 0.15) is 59.1 Å². The van der Waals surface area contributed by atoms with Crippen LogP contribution in [0.4, 0.5) is 4.39 Å². The maximum absolute atomic E-state index is 13.4. The lowest BCUT2D eigenvalue weighted by Crippen LogP contribution is -2.29. The molecule has 0 fully saturated rings. The van der Waals surface area contributed by atoms with Crippen molar-refractivity contribution in [3.63, 3.8) is 0 Å². The van der Waals surface area contributed by atoms with Crippen LogP contribution in [0.2, 0.25) is 0 Å². The lowest BCUT2D eigenvalue weighted by molar-refractivity contribution is 0.0924. The molecule has 4 rings (SSSR count). The predicted octanol–water partition coefficient (Wildman–Crippen LogP) is 3.34. The van der Waals surface area contributed by atoms with E-state index in [0.717, 1.165) is 55.4 Å². The van der Waals surface area contributed by atoms with Crippen LogP contribution in [0.3, 0.4) is 0 Å². The number of amides is 1. The molecule has 0 spiro atoms. The zero-order chi connectivity index (χ0) is 16.5. The Kier molecular flexibility index (Phi) is 3.96. The number of nitrogens with zero attached hydrogens (tertiary/aromatic N) is 1. The molecular weight excluding hydrogens is 311 g/mol. The van der Waals surface area contributed by atoms with Gasteiger partial charge < -0.3 is 14.6 Å². The number of ether oxygens (including phenoxy) is 1. The Labute approximate surface area is 139 Å². The maximum Gasteiger partial charge on any atom is 0.274 e. The van der Waals surface area contributed by atoms with Crippen molar-refractivity contribution in [2.45, 2.75) is 44.6 Å². The minimum Gasteiger partial charge on any atom is -0.493 e. The summed E-state index contributed by atoms with van der Waals surface area (Å²) in [6.07, 6.45) is 5.32. The molecule has 5 nitrogen and oxygen atoms in total. The van der Waals surface area contributed by atoms with Gasteiger partial charge in [0.25, 0.3) is 5.91 Å². The van der Waals surface area contributed by atoms with Crippen LogP contribution in [0.25, 0.3) is 0 Å². The number of aromatic nitrogens is 1. The standard InChI is InChI=1S/C18H19FN2O3/c19-11-7-8-12-14(5-3-9-23-16(12)10-11)20-18(22)17-13-4-1-2-6-15(13)24-21-17/h7-8,10,14H,1-6,9H2,(H,20,22)/t14-/m1/s1. The van der Waals surface area contributed by atoms with Crippen molar-refractivity contribution in [1.82, 2.24) is 10.5 Å². The molecule has 6 heteroatoms. The van der Waals surface area contributed by atoms with Crippen molar-refractivity contribution >= 4 is 5.91 Å². The van der Waals surface area contributed by atoms with Gasteiger partial charge in [0.05, 0.1) is 12.6 Å². The zero-order valence-electron chi connectivity index (χ0n) is 13.3. The lowest BCUT2D eigenvalue weighted by Gasteiger charge is -2.18. The van der Waals surface area contributed by atoms with Crippen molar-refractivity contribution in [3.8, 4) is 5.75 Å². The molecule has 1 N–H and O–H groups in total. The van der Waals surface area contributed by atoms with Crippen LogP contribution in [0, 0.1) is 5.82 Å². The molecule has 2 aromatic rings. The van der Waals surface area contributed by atoms with Gasteiger partial charge in [-0.3, -0.25) is 4.79 Å². The third kappa shape index (κ3) is 2.77. The smallest absolute Gasteiger partial charge is 0.274 e. The van der Waals surface area contributed by atoms with E-state index in [0.29, 0.717) is 18.1 Å². The highest BCUT2D eigenvalue weighted by molar-refractivity contribution is 5.94. The summed E-state index contributed by atoms with van der Waals surface area (Å²) < 4.78 is 24.4. The first-order valence-corrected chi connectivity index (χ1v) is 8.43. The molecule has 0 saturated heterocycles. The summed E-state index contributed by atoms with van der Waals surface area (Å²) in [7, 11) is 0. The van der Waals surface area contributed by atoms with Crippen LogP contribution < -0.4 is 10.1 Å². The van der Waals surface area contributed by atoms with Gasteiger partial charge in [-0.05, 0) is 38.2 Å². The predicted molar refractivity (Wildman–Crippen MR) is 84.5 cm³/mol. The summed E-state index contributed by atoms with van der Waals surface area (Å²) >= 11 is 0. The Balaban J connectivity index is 1.59. The minimum atomic E-state index is -0.341. The van der Waals surface area contributed by atoms with Gasteiger partial charge in [0.15, 0.2) is 5.69 Å². The molecule has 0 bridgehead atoms. The third-order valence-corrected chi connectivity index (χ3v) is 4.72. The molecule has 1 aromatic carbocycles. The second-order valence-corrected chi connectivity index (χ2v) is 6.34. The normalized spacial score (nSPS) is 19.6. The highest BCUT2D eigenvalue weighted by atomic mass is 19.1. The van der Waals surface area contributed by atoms with E-state index in [1.54, 1.807) is 6.07 Å². The number of fused-ring (bicyclic) bond motifs is 2. The van der Waals surface area contributed by atoms with Crippen LogP contribution in [0.15, 0.2) is 22.7 Å². The summed E-state index contributed by atoms with van der Waals surface area (Å²) in [5.41, 5.74) is 2.13. The molecule has 0 saturated carbocycles. The molecule has 1 aliphatic carbocycles. The summed E-state index contributed by atoms with van der Waals surface area (Å²) in [6.45, 7) is 0.516. The molecule has 2 aliphatic rings. The molecule has 1 aromatic heterocycles. The average molecular weight is 330 g/mol. The van der Waals surface area contributed by atoms with E-state index in [4.69, 9.17) is 9.26 Å². The van der Waals surface area contributed by atoms with E-state index >= 15 is 0 Å². The Morgan fingerprint density at radius 2 is 2.12 bits per heavy atom. The molecule has 126 valence electrons. The molecule has 0 unspecified atom stereocenters. The first-order valence-electron chi connectivity index (χ1n) is 8.43. The van der Waals surface area contributed by atoms with Crippen molar-refractivity contribution < 1.29 is 18.4 Å². The Morgan fingerprint density at radius 3 is 3.04 bits per heavy atom. The topological polar surface area (TPSA) is 64.4 Å². The summed E-state index contributed by atoms with van der Waals surface area (Å²) in [5.74, 6) is 0.758. The highest BCUT2D eigenvalue weighted by Gasteiger charge is 2.27. The number of halogens is 1. The number of benzene rings is 1. The number of carbonyl (C=O) groups excluding carboxylic acids is 1. The number of nitrogens with one attached hydrogen (secondary N) is 1. The van der Waals surface area contributed by atoms with Gasteiger partial charge >= 0.3 is 0 Å². The third-order valence-electron chi connectivity index (χ3n) is 4.72. The Morgan fingerprint density at radius 1 is 1.25 bits per heavy atom. The molecule has 0 radical (unpaired) electrons. The number of carbonyl (C=O) groups is 1. The molecule has 1 atom stereocenters. The van der Waals surface area contributed by atoms with Gasteiger partial charge in [-0.1, -0.05) is 11.2 Å². The molecule has 2 heterocycles. The zero-order valence-corrected chi connectivity index (χ0v) is 13.3. The van der Waals surface area contributed by atoms with E-state index in [1.807, 2.05) is 0 Å². The van der Waals surface area contributed by atoms with Gasteiger partial charge in [0.1, 0.15) is 17.3 Å². The SMILES string of the molecule is O=C(N[C@@H]1CCCOc2cc(F)ccc21)c1noc2c1CCCC2. The molecule has 1 amide bonds. The first-order chi connectivity index (χ1) is 11.7. The van der Waals surface area contributed by atoms with Crippen LogP contribution in [-0.4, -0.2) is 17.7 Å². The van der Waals surface area contributed by atoms with Crippen molar-refractivity contribution in [3.05, 3.63) is 46.6 Å². The lowest BCUT2D eigenvalue weighted by atomic mass is 9.96. The van der Waals surface area contributed by atoms with E-state index in [9.17, 15) is 9.18 Å². The van der Waals surface area contributed by atoms with Gasteiger partial charge in [-0.15, -0.1) is 0 Å². The maximum atomic E-state index is 13.4. The fourth-order valence-corrected chi connectivity index (χ4v) is 3.49. The van der Waals surface area contributed by atoms with Gasteiger partial charge in [-0.25, -0.2) is 4.39 Å². The molecule has 1 aliphatic heterocycles. The van der Waals surface area contributed by atoms with E-state index in [-0.39, 0.29) is 17.8 Å². The molecular formula is C18H19FN2O3. The number of aryl methyl sites for hydroxylation is 1. The fraction of sp³-hybridized carbons (Fsp3) is 0.444. The monoisotopic (exact) mass is 330 g/mol. The summed E-state index contributed by atoms with van der Waals surface area (Å²) in [5, 5.41) is 7.00. The van der Waals surface area contributed by atoms with E-state index < -0.39 is 0 Å². The number of hydrogen-bond acceptors (Lipinski definition) is 4. The van der Waals surface area contributed by atoms with Crippen LogP contribution >= 0.6 is 0 Å². The van der Waals surface area contributed by atoms with Crippen molar-refractivity contribution in [2.24, 2.45) is 0 Å². The minimum absolute atomic E-state index is 0.216. The average Bonchev–Trinajstić information content (AvgIpc) is 2.92. The van der Waals surface area contributed by atoms with Crippen molar-refractivity contribution in [1.29, 1.82) is 0 Å². The van der Waals surface area contributed by atoms with Gasteiger partial charge in [0.2, 0.25) is 0 Å². The van der Waals surface area contributed by atoms with E-state index in [2.05, 4.69) is 10.5 Å². The summed E-state index contributed by atoms with van der Waals surface area (Å²) in [6, 6.07) is 4.23. The largest absolute Gasteiger partial charge is 0.493 e.